The van der Waals surface area contributed by atoms with Gasteiger partial charge in [-0.25, -0.2) is 4.39 Å². The predicted molar refractivity (Wildman–Crippen MR) is 85.3 cm³/mol. The number of amides is 1. The Kier molecular flexibility index (Phi) is 5.63. The van der Waals surface area contributed by atoms with E-state index in [9.17, 15) is 9.18 Å². The number of likely N-dealkylation sites (N-methyl/N-ethyl adjacent to an activating group) is 1. The summed E-state index contributed by atoms with van der Waals surface area (Å²) < 4.78 is 18.4. The summed E-state index contributed by atoms with van der Waals surface area (Å²) in [6.45, 7) is 0.614. The van der Waals surface area contributed by atoms with Crippen molar-refractivity contribution in [3.05, 3.63) is 63.9 Å². The highest BCUT2D eigenvalue weighted by Gasteiger charge is 2.13. The summed E-state index contributed by atoms with van der Waals surface area (Å²) in [6, 6.07) is 10.6. The van der Waals surface area contributed by atoms with Crippen LogP contribution >= 0.6 is 23.2 Å². The molecule has 0 atom stereocenters. The number of halogens is 3. The standard InChI is InChI=1S/C16H14Cl2FNO2/c1-20(7-8-22-13-4-2-3-12(19)10-13)16(21)11-5-6-14(17)15(18)9-11/h2-6,9-10H,7-8H2,1H3. The summed E-state index contributed by atoms with van der Waals surface area (Å²) >= 11 is 11.7. The van der Waals surface area contributed by atoms with E-state index in [1.807, 2.05) is 0 Å². The molecule has 0 N–H and O–H groups in total. The van der Waals surface area contributed by atoms with Gasteiger partial charge in [0.05, 0.1) is 16.6 Å². The molecular formula is C16H14Cl2FNO2. The quantitative estimate of drug-likeness (QED) is 0.812. The molecule has 0 aliphatic heterocycles. The summed E-state index contributed by atoms with van der Waals surface area (Å²) in [5, 5.41) is 0.729. The van der Waals surface area contributed by atoms with Gasteiger partial charge in [0.2, 0.25) is 0 Å². The molecule has 0 aliphatic carbocycles. The molecule has 6 heteroatoms. The molecule has 1 amide bonds. The molecule has 2 aromatic carbocycles. The van der Waals surface area contributed by atoms with Gasteiger partial charge in [0, 0.05) is 18.7 Å². The maximum Gasteiger partial charge on any atom is 0.253 e. The normalized spacial score (nSPS) is 10.4. The third-order valence-corrected chi connectivity index (χ3v) is 3.74. The number of rotatable bonds is 5. The highest BCUT2D eigenvalue weighted by molar-refractivity contribution is 6.42. The largest absolute Gasteiger partial charge is 0.492 e. The Hall–Kier alpha value is -1.78. The number of hydrogen-bond acceptors (Lipinski definition) is 2. The minimum absolute atomic E-state index is 0.193. The molecule has 0 spiro atoms. The van der Waals surface area contributed by atoms with E-state index >= 15 is 0 Å². The van der Waals surface area contributed by atoms with Crippen molar-refractivity contribution in [1.29, 1.82) is 0 Å². The van der Waals surface area contributed by atoms with Crippen LogP contribution in [0.5, 0.6) is 5.75 Å². The van der Waals surface area contributed by atoms with Crippen molar-refractivity contribution in [3.63, 3.8) is 0 Å². The molecule has 116 valence electrons. The van der Waals surface area contributed by atoms with Crippen molar-refractivity contribution in [2.75, 3.05) is 20.2 Å². The van der Waals surface area contributed by atoms with Crippen molar-refractivity contribution in [1.82, 2.24) is 4.90 Å². The lowest BCUT2D eigenvalue weighted by Crippen LogP contribution is -2.30. The van der Waals surface area contributed by atoms with E-state index in [0.29, 0.717) is 27.9 Å². The molecule has 2 rings (SSSR count). The SMILES string of the molecule is CN(CCOc1cccc(F)c1)C(=O)c1ccc(Cl)c(Cl)c1. The fraction of sp³-hybridized carbons (Fsp3) is 0.188. The third-order valence-electron chi connectivity index (χ3n) is 3.00. The fourth-order valence-electron chi connectivity index (χ4n) is 1.81. The lowest BCUT2D eigenvalue weighted by Gasteiger charge is -2.18. The molecule has 0 aromatic heterocycles. The molecule has 0 unspecified atom stereocenters. The lowest BCUT2D eigenvalue weighted by molar-refractivity contribution is 0.0773. The summed E-state index contributed by atoms with van der Waals surface area (Å²) in [7, 11) is 1.65. The Morgan fingerprint density at radius 1 is 1.18 bits per heavy atom. The predicted octanol–water partition coefficient (Wildman–Crippen LogP) is 4.28. The van der Waals surface area contributed by atoms with E-state index in [1.165, 1.54) is 23.1 Å². The first-order chi connectivity index (χ1) is 10.5. The van der Waals surface area contributed by atoms with Crippen molar-refractivity contribution in [2.45, 2.75) is 0 Å². The lowest BCUT2D eigenvalue weighted by atomic mass is 10.2. The minimum atomic E-state index is -0.363. The van der Waals surface area contributed by atoms with E-state index in [1.54, 1.807) is 31.3 Å². The van der Waals surface area contributed by atoms with Gasteiger partial charge < -0.3 is 9.64 Å². The average Bonchev–Trinajstić information content (AvgIpc) is 2.49. The van der Waals surface area contributed by atoms with Crippen molar-refractivity contribution in [2.24, 2.45) is 0 Å². The summed E-state index contributed by atoms with van der Waals surface area (Å²) in [4.78, 5) is 13.7. The Labute approximate surface area is 138 Å². The molecule has 0 fully saturated rings. The van der Waals surface area contributed by atoms with Crippen LogP contribution in [0.25, 0.3) is 0 Å². The molecule has 0 saturated carbocycles. The van der Waals surface area contributed by atoms with Crippen LogP contribution in [0.1, 0.15) is 10.4 Å². The van der Waals surface area contributed by atoms with E-state index < -0.39 is 0 Å². The molecule has 2 aromatic rings. The summed E-state index contributed by atoms with van der Waals surface area (Å²) in [5.41, 5.74) is 0.447. The second kappa shape index (κ2) is 7.47. The number of ether oxygens (including phenoxy) is 1. The topological polar surface area (TPSA) is 29.5 Å². The van der Waals surface area contributed by atoms with E-state index in [-0.39, 0.29) is 18.3 Å². The smallest absolute Gasteiger partial charge is 0.253 e. The van der Waals surface area contributed by atoms with E-state index in [4.69, 9.17) is 27.9 Å². The van der Waals surface area contributed by atoms with Crippen molar-refractivity contribution in [3.8, 4) is 5.75 Å². The molecule has 3 nitrogen and oxygen atoms in total. The number of benzene rings is 2. The number of carbonyl (C=O) groups is 1. The Bertz CT molecular complexity index is 679. The van der Waals surface area contributed by atoms with Gasteiger partial charge in [-0.1, -0.05) is 29.3 Å². The molecule has 22 heavy (non-hydrogen) atoms. The van der Waals surface area contributed by atoms with Gasteiger partial charge in [-0.3, -0.25) is 4.79 Å². The van der Waals surface area contributed by atoms with Gasteiger partial charge in [-0.15, -0.1) is 0 Å². The first kappa shape index (κ1) is 16.6. The summed E-state index contributed by atoms with van der Waals surface area (Å²) in [6.07, 6.45) is 0. The molecule has 0 bridgehead atoms. The molecule has 0 aliphatic rings. The van der Waals surface area contributed by atoms with Gasteiger partial charge in [0.1, 0.15) is 18.2 Å². The van der Waals surface area contributed by atoms with Gasteiger partial charge in [-0.2, -0.15) is 0 Å². The minimum Gasteiger partial charge on any atom is -0.492 e. The first-order valence-electron chi connectivity index (χ1n) is 6.56. The van der Waals surface area contributed by atoms with Gasteiger partial charge in [0.15, 0.2) is 0 Å². The van der Waals surface area contributed by atoms with Crippen LogP contribution in [0.2, 0.25) is 10.0 Å². The Balaban J connectivity index is 1.90. The zero-order valence-electron chi connectivity index (χ0n) is 11.9. The van der Waals surface area contributed by atoms with Crippen LogP contribution < -0.4 is 4.74 Å². The second-order valence-corrected chi connectivity index (χ2v) is 5.48. The van der Waals surface area contributed by atoms with Crippen LogP contribution in [0.15, 0.2) is 42.5 Å². The maximum atomic E-state index is 13.0. The van der Waals surface area contributed by atoms with Crippen LogP contribution in [-0.2, 0) is 0 Å². The zero-order chi connectivity index (χ0) is 16.1. The molecule has 0 saturated heterocycles. The fourth-order valence-corrected chi connectivity index (χ4v) is 2.11. The van der Waals surface area contributed by atoms with Gasteiger partial charge in [-0.05, 0) is 30.3 Å². The van der Waals surface area contributed by atoms with Crippen molar-refractivity contribution >= 4 is 29.1 Å². The van der Waals surface area contributed by atoms with Crippen LogP contribution in [0, 0.1) is 5.82 Å². The molecule has 0 heterocycles. The van der Waals surface area contributed by atoms with Crippen LogP contribution in [0.3, 0.4) is 0 Å². The van der Waals surface area contributed by atoms with Crippen molar-refractivity contribution < 1.29 is 13.9 Å². The van der Waals surface area contributed by atoms with Gasteiger partial charge in [0.25, 0.3) is 5.91 Å². The number of carbonyl (C=O) groups excluding carboxylic acids is 1. The Morgan fingerprint density at radius 2 is 1.95 bits per heavy atom. The molecular weight excluding hydrogens is 328 g/mol. The van der Waals surface area contributed by atoms with E-state index in [0.717, 1.165) is 0 Å². The highest BCUT2D eigenvalue weighted by Crippen LogP contribution is 2.23. The molecule has 0 radical (unpaired) electrons. The highest BCUT2D eigenvalue weighted by atomic mass is 35.5. The zero-order valence-corrected chi connectivity index (χ0v) is 13.4. The Morgan fingerprint density at radius 3 is 2.64 bits per heavy atom. The third kappa shape index (κ3) is 4.36. The van der Waals surface area contributed by atoms with E-state index in [2.05, 4.69) is 0 Å². The second-order valence-electron chi connectivity index (χ2n) is 4.66. The number of nitrogens with zero attached hydrogens (tertiary/aromatic N) is 1. The summed E-state index contributed by atoms with van der Waals surface area (Å²) in [5.74, 6) is -0.130. The van der Waals surface area contributed by atoms with Crippen LogP contribution in [-0.4, -0.2) is 31.0 Å². The van der Waals surface area contributed by atoms with Gasteiger partial charge >= 0.3 is 0 Å². The van der Waals surface area contributed by atoms with Crippen LogP contribution in [0.4, 0.5) is 4.39 Å². The monoisotopic (exact) mass is 341 g/mol. The maximum absolute atomic E-state index is 13.0. The first-order valence-corrected chi connectivity index (χ1v) is 7.32. The number of hydrogen-bond donors (Lipinski definition) is 0. The average molecular weight is 342 g/mol.